The molecule has 0 fully saturated rings. The molecule has 0 saturated heterocycles. The smallest absolute Gasteiger partial charge is 0.128 e. The number of ether oxygens (including phenoxy) is 1. The maximum atomic E-state index is 5.39. The van der Waals surface area contributed by atoms with E-state index >= 15 is 0 Å². The number of hydrogen-bond acceptors (Lipinski definition) is 1. The molecule has 1 heterocycles. The highest BCUT2D eigenvalue weighted by Crippen LogP contribution is 2.32. The lowest BCUT2D eigenvalue weighted by atomic mass is 10.1. The minimum atomic E-state index is 0.878. The first kappa shape index (κ1) is 11.4. The third kappa shape index (κ3) is 1.91. The van der Waals surface area contributed by atoms with Crippen molar-refractivity contribution in [3.63, 3.8) is 0 Å². The number of benzene rings is 2. The number of para-hydroxylation sites is 1. The number of methoxy groups -OCH3 is 1. The highest BCUT2D eigenvalue weighted by Gasteiger charge is 2.08. The van der Waals surface area contributed by atoms with E-state index in [1.807, 2.05) is 24.3 Å². The van der Waals surface area contributed by atoms with Gasteiger partial charge in [0, 0.05) is 20.9 Å². The highest BCUT2D eigenvalue weighted by atomic mass is 79.9. The summed E-state index contributed by atoms with van der Waals surface area (Å²) in [6.45, 7) is 0. The average molecular weight is 302 g/mol. The molecule has 18 heavy (non-hydrogen) atoms. The van der Waals surface area contributed by atoms with Crippen molar-refractivity contribution < 1.29 is 4.74 Å². The summed E-state index contributed by atoms with van der Waals surface area (Å²) in [7, 11) is 1.69. The fourth-order valence-corrected chi connectivity index (χ4v) is 2.49. The van der Waals surface area contributed by atoms with Crippen molar-refractivity contribution in [2.24, 2.45) is 0 Å². The van der Waals surface area contributed by atoms with Crippen molar-refractivity contribution >= 4 is 26.8 Å². The van der Waals surface area contributed by atoms with Crippen molar-refractivity contribution in [1.82, 2.24) is 4.98 Å². The van der Waals surface area contributed by atoms with Gasteiger partial charge < -0.3 is 9.72 Å². The quantitative estimate of drug-likeness (QED) is 0.735. The van der Waals surface area contributed by atoms with Gasteiger partial charge in [0.15, 0.2) is 0 Å². The molecule has 0 unspecified atom stereocenters. The summed E-state index contributed by atoms with van der Waals surface area (Å²) in [6.07, 6.45) is 0. The molecule has 1 N–H and O–H groups in total. The van der Waals surface area contributed by atoms with Crippen LogP contribution in [0.5, 0.6) is 5.75 Å². The molecule has 1 aromatic heterocycles. The Hall–Kier alpha value is -1.74. The second-order valence-corrected chi connectivity index (χ2v) is 5.03. The summed E-state index contributed by atoms with van der Waals surface area (Å²) in [5.74, 6) is 0.878. The van der Waals surface area contributed by atoms with E-state index in [2.05, 4.69) is 45.2 Å². The first-order valence-corrected chi connectivity index (χ1v) is 6.49. The molecule has 3 rings (SSSR count). The Morgan fingerprint density at radius 3 is 2.72 bits per heavy atom. The van der Waals surface area contributed by atoms with E-state index in [0.29, 0.717) is 0 Å². The zero-order valence-corrected chi connectivity index (χ0v) is 11.5. The fraction of sp³-hybridized carbons (Fsp3) is 0.0667. The Morgan fingerprint density at radius 2 is 1.89 bits per heavy atom. The Labute approximate surface area is 114 Å². The maximum absolute atomic E-state index is 5.39. The van der Waals surface area contributed by atoms with Crippen LogP contribution in [0.25, 0.3) is 22.2 Å². The molecule has 0 aliphatic carbocycles. The first-order chi connectivity index (χ1) is 8.78. The Morgan fingerprint density at radius 1 is 1.06 bits per heavy atom. The lowest BCUT2D eigenvalue weighted by molar-refractivity contribution is 0.416. The molecule has 0 aliphatic heterocycles. The van der Waals surface area contributed by atoms with Gasteiger partial charge in [0.05, 0.1) is 12.8 Å². The van der Waals surface area contributed by atoms with Crippen LogP contribution in [0.4, 0.5) is 0 Å². The number of hydrogen-bond donors (Lipinski definition) is 1. The van der Waals surface area contributed by atoms with Crippen LogP contribution in [0.3, 0.4) is 0 Å². The first-order valence-electron chi connectivity index (χ1n) is 5.69. The lowest BCUT2D eigenvalue weighted by Gasteiger charge is -2.05. The van der Waals surface area contributed by atoms with Crippen LogP contribution in [0.2, 0.25) is 0 Å². The molecule has 3 aromatic rings. The van der Waals surface area contributed by atoms with E-state index in [1.54, 1.807) is 7.11 Å². The second-order valence-electron chi connectivity index (χ2n) is 4.11. The van der Waals surface area contributed by atoms with Gasteiger partial charge >= 0.3 is 0 Å². The monoisotopic (exact) mass is 301 g/mol. The fourth-order valence-electron chi connectivity index (χ4n) is 2.12. The van der Waals surface area contributed by atoms with E-state index < -0.39 is 0 Å². The normalized spacial score (nSPS) is 10.8. The Balaban J connectivity index is 2.19. The van der Waals surface area contributed by atoms with Crippen LogP contribution in [0.1, 0.15) is 0 Å². The second kappa shape index (κ2) is 4.50. The van der Waals surface area contributed by atoms with Crippen molar-refractivity contribution in [1.29, 1.82) is 0 Å². The molecule has 0 radical (unpaired) electrons. The van der Waals surface area contributed by atoms with Gasteiger partial charge in [-0.2, -0.15) is 0 Å². The van der Waals surface area contributed by atoms with Crippen LogP contribution < -0.4 is 4.74 Å². The summed E-state index contributed by atoms with van der Waals surface area (Å²) >= 11 is 3.49. The van der Waals surface area contributed by atoms with Gasteiger partial charge in [0.1, 0.15) is 5.75 Å². The zero-order chi connectivity index (χ0) is 12.5. The van der Waals surface area contributed by atoms with Crippen LogP contribution in [-0.4, -0.2) is 12.1 Å². The third-order valence-corrected chi connectivity index (χ3v) is 3.47. The predicted octanol–water partition coefficient (Wildman–Crippen LogP) is 4.61. The van der Waals surface area contributed by atoms with E-state index in [1.165, 1.54) is 5.39 Å². The number of rotatable bonds is 2. The summed E-state index contributed by atoms with van der Waals surface area (Å²) in [6, 6.07) is 16.3. The van der Waals surface area contributed by atoms with Crippen LogP contribution >= 0.6 is 15.9 Å². The number of fused-ring (bicyclic) bond motifs is 1. The minimum absolute atomic E-state index is 0.878. The molecule has 90 valence electrons. The summed E-state index contributed by atoms with van der Waals surface area (Å²) < 4.78 is 6.47. The van der Waals surface area contributed by atoms with Gasteiger partial charge in [0.25, 0.3) is 0 Å². The SMILES string of the molecule is COc1ccccc1-c1cc2cc(Br)ccc2[nH]1. The molecule has 3 heteroatoms. The van der Waals surface area contributed by atoms with Crippen molar-refractivity contribution in [3.05, 3.63) is 53.0 Å². The van der Waals surface area contributed by atoms with Crippen LogP contribution in [0.15, 0.2) is 53.0 Å². The van der Waals surface area contributed by atoms with Gasteiger partial charge in [-0.3, -0.25) is 0 Å². The van der Waals surface area contributed by atoms with Gasteiger partial charge in [-0.1, -0.05) is 28.1 Å². The van der Waals surface area contributed by atoms with E-state index in [-0.39, 0.29) is 0 Å². The molecule has 2 aromatic carbocycles. The molecule has 0 bridgehead atoms. The molecule has 0 atom stereocenters. The minimum Gasteiger partial charge on any atom is -0.496 e. The highest BCUT2D eigenvalue weighted by molar-refractivity contribution is 9.10. The molecule has 0 spiro atoms. The summed E-state index contributed by atoms with van der Waals surface area (Å²) in [4.78, 5) is 3.41. The van der Waals surface area contributed by atoms with Gasteiger partial charge in [-0.25, -0.2) is 0 Å². The third-order valence-electron chi connectivity index (χ3n) is 2.98. The zero-order valence-electron chi connectivity index (χ0n) is 9.91. The van der Waals surface area contributed by atoms with Gasteiger partial charge in [0.2, 0.25) is 0 Å². The molecule has 0 aliphatic rings. The standard InChI is InChI=1S/C15H12BrNO/c1-18-15-5-3-2-4-12(15)14-9-10-8-11(16)6-7-13(10)17-14/h2-9,17H,1H3. The Bertz CT molecular complexity index is 703. The van der Waals surface area contributed by atoms with E-state index in [0.717, 1.165) is 27.0 Å². The van der Waals surface area contributed by atoms with Crippen LogP contribution in [-0.2, 0) is 0 Å². The predicted molar refractivity (Wildman–Crippen MR) is 78.0 cm³/mol. The number of aromatic nitrogens is 1. The largest absolute Gasteiger partial charge is 0.496 e. The van der Waals surface area contributed by atoms with E-state index in [4.69, 9.17) is 4.74 Å². The Kier molecular flexibility index (Phi) is 2.84. The number of H-pyrrole nitrogens is 1. The van der Waals surface area contributed by atoms with Crippen molar-refractivity contribution in [2.75, 3.05) is 7.11 Å². The molecule has 0 amide bonds. The molecular weight excluding hydrogens is 290 g/mol. The van der Waals surface area contributed by atoms with E-state index in [9.17, 15) is 0 Å². The number of aromatic amines is 1. The topological polar surface area (TPSA) is 25.0 Å². The number of nitrogens with one attached hydrogen (secondary N) is 1. The maximum Gasteiger partial charge on any atom is 0.128 e. The van der Waals surface area contributed by atoms with Gasteiger partial charge in [-0.15, -0.1) is 0 Å². The molecule has 0 saturated carbocycles. The molecular formula is C15H12BrNO. The van der Waals surface area contributed by atoms with Crippen LogP contribution in [0, 0.1) is 0 Å². The average Bonchev–Trinajstić information content (AvgIpc) is 2.81. The number of halogens is 1. The van der Waals surface area contributed by atoms with Crippen molar-refractivity contribution in [2.45, 2.75) is 0 Å². The summed E-state index contributed by atoms with van der Waals surface area (Å²) in [5, 5.41) is 1.19. The van der Waals surface area contributed by atoms with Gasteiger partial charge in [-0.05, 0) is 36.4 Å². The summed E-state index contributed by atoms with van der Waals surface area (Å²) in [5.41, 5.74) is 3.27. The van der Waals surface area contributed by atoms with Crippen molar-refractivity contribution in [3.8, 4) is 17.0 Å². The molecule has 2 nitrogen and oxygen atoms in total. The lowest BCUT2D eigenvalue weighted by Crippen LogP contribution is -1.86.